The molecular formula is C9H14N2OS. The van der Waals surface area contributed by atoms with Gasteiger partial charge in [-0.15, -0.1) is 0 Å². The zero-order chi connectivity index (χ0) is 9.84. The standard InChI is InChI=1S/C9H14N2OS/c1-6(2)7-4-9(13)11-8(10-7)5-12-3/h4,6H,5H2,1-3H3,(H,10,11,13). The lowest BCUT2D eigenvalue weighted by atomic mass is 10.1. The number of aromatic nitrogens is 2. The smallest absolute Gasteiger partial charge is 0.133 e. The lowest BCUT2D eigenvalue weighted by Crippen LogP contribution is -2.02. The van der Waals surface area contributed by atoms with Gasteiger partial charge in [-0.2, -0.15) is 0 Å². The molecule has 13 heavy (non-hydrogen) atoms. The van der Waals surface area contributed by atoms with Crippen LogP contribution in [0.2, 0.25) is 0 Å². The Balaban J connectivity index is 3.04. The van der Waals surface area contributed by atoms with E-state index in [1.54, 1.807) is 7.11 Å². The molecule has 0 saturated carbocycles. The molecule has 0 bridgehead atoms. The summed E-state index contributed by atoms with van der Waals surface area (Å²) in [6, 6.07) is 1.89. The van der Waals surface area contributed by atoms with Crippen LogP contribution in [-0.2, 0) is 11.3 Å². The fraction of sp³-hybridized carbons (Fsp3) is 0.556. The third-order valence-corrected chi connectivity index (χ3v) is 1.92. The molecule has 1 N–H and O–H groups in total. The number of rotatable bonds is 3. The molecule has 3 nitrogen and oxygen atoms in total. The molecule has 0 amide bonds. The van der Waals surface area contributed by atoms with Gasteiger partial charge in [-0.3, -0.25) is 0 Å². The normalized spacial score (nSPS) is 10.8. The van der Waals surface area contributed by atoms with Crippen molar-refractivity contribution in [1.82, 2.24) is 9.97 Å². The van der Waals surface area contributed by atoms with Crippen LogP contribution in [0.4, 0.5) is 0 Å². The molecule has 0 aliphatic heterocycles. The molecule has 4 heteroatoms. The van der Waals surface area contributed by atoms with E-state index in [9.17, 15) is 0 Å². The van der Waals surface area contributed by atoms with Crippen molar-refractivity contribution in [3.05, 3.63) is 22.2 Å². The Morgan fingerprint density at radius 1 is 1.62 bits per heavy atom. The molecule has 1 aromatic heterocycles. The average Bonchev–Trinajstić information content (AvgIpc) is 2.03. The van der Waals surface area contributed by atoms with E-state index < -0.39 is 0 Å². The van der Waals surface area contributed by atoms with Crippen LogP contribution in [0.1, 0.15) is 31.3 Å². The molecule has 1 aromatic rings. The minimum Gasteiger partial charge on any atom is -0.377 e. The monoisotopic (exact) mass is 198 g/mol. The van der Waals surface area contributed by atoms with E-state index in [0.717, 1.165) is 11.5 Å². The molecule has 0 aliphatic carbocycles. The van der Waals surface area contributed by atoms with E-state index in [2.05, 4.69) is 23.8 Å². The topological polar surface area (TPSA) is 37.9 Å². The van der Waals surface area contributed by atoms with Gasteiger partial charge in [-0.25, -0.2) is 4.98 Å². The van der Waals surface area contributed by atoms with E-state index in [1.807, 2.05) is 6.07 Å². The molecule has 72 valence electrons. The summed E-state index contributed by atoms with van der Waals surface area (Å²) >= 11 is 5.03. The highest BCUT2D eigenvalue weighted by atomic mass is 32.1. The van der Waals surface area contributed by atoms with Crippen LogP contribution < -0.4 is 0 Å². The third kappa shape index (κ3) is 2.90. The maximum atomic E-state index is 5.03. The van der Waals surface area contributed by atoms with Gasteiger partial charge in [-0.1, -0.05) is 26.1 Å². The van der Waals surface area contributed by atoms with Crippen molar-refractivity contribution in [2.75, 3.05) is 7.11 Å². The fourth-order valence-corrected chi connectivity index (χ4v) is 1.28. The second kappa shape index (κ2) is 4.48. The SMILES string of the molecule is COCc1nc(=S)cc(C(C)C)[nH]1. The summed E-state index contributed by atoms with van der Waals surface area (Å²) < 4.78 is 5.60. The molecule has 0 atom stereocenters. The summed E-state index contributed by atoms with van der Waals surface area (Å²) in [7, 11) is 1.64. The van der Waals surface area contributed by atoms with Crippen LogP contribution in [0.25, 0.3) is 0 Å². The van der Waals surface area contributed by atoms with E-state index in [4.69, 9.17) is 17.0 Å². The summed E-state index contributed by atoms with van der Waals surface area (Å²) in [5.74, 6) is 1.22. The Morgan fingerprint density at radius 3 is 2.85 bits per heavy atom. The second-order valence-electron chi connectivity index (χ2n) is 3.21. The number of H-pyrrole nitrogens is 1. The summed E-state index contributed by atoms with van der Waals surface area (Å²) in [5.41, 5.74) is 1.10. The minimum absolute atomic E-state index is 0.431. The maximum Gasteiger partial charge on any atom is 0.133 e. The molecular weight excluding hydrogens is 184 g/mol. The van der Waals surface area contributed by atoms with E-state index in [0.29, 0.717) is 17.2 Å². The summed E-state index contributed by atoms with van der Waals surface area (Å²) in [6.45, 7) is 4.69. The van der Waals surface area contributed by atoms with Gasteiger partial charge in [-0.05, 0) is 12.0 Å². The highest BCUT2D eigenvalue weighted by Gasteiger charge is 2.02. The lowest BCUT2D eigenvalue weighted by Gasteiger charge is -2.07. The second-order valence-corrected chi connectivity index (χ2v) is 3.63. The predicted molar refractivity (Wildman–Crippen MR) is 54.2 cm³/mol. The van der Waals surface area contributed by atoms with Gasteiger partial charge in [0, 0.05) is 12.8 Å². The molecule has 1 heterocycles. The first kappa shape index (κ1) is 10.3. The van der Waals surface area contributed by atoms with Gasteiger partial charge >= 0.3 is 0 Å². The van der Waals surface area contributed by atoms with Gasteiger partial charge in [0.1, 0.15) is 17.1 Å². The molecule has 0 unspecified atom stereocenters. The first-order valence-corrected chi connectivity index (χ1v) is 4.63. The van der Waals surface area contributed by atoms with E-state index in [-0.39, 0.29) is 0 Å². The van der Waals surface area contributed by atoms with Crippen molar-refractivity contribution in [2.24, 2.45) is 0 Å². The van der Waals surface area contributed by atoms with Gasteiger partial charge in [0.05, 0.1) is 0 Å². The van der Waals surface area contributed by atoms with Gasteiger partial charge < -0.3 is 9.72 Å². The molecule has 0 aliphatic rings. The van der Waals surface area contributed by atoms with Crippen molar-refractivity contribution >= 4 is 12.2 Å². The summed E-state index contributed by atoms with van der Waals surface area (Å²) in [5, 5.41) is 0. The van der Waals surface area contributed by atoms with Gasteiger partial charge in [0.2, 0.25) is 0 Å². The maximum absolute atomic E-state index is 5.03. The largest absolute Gasteiger partial charge is 0.377 e. The van der Waals surface area contributed by atoms with Gasteiger partial charge in [0.15, 0.2) is 0 Å². The minimum atomic E-state index is 0.431. The third-order valence-electron chi connectivity index (χ3n) is 1.72. The molecule has 0 spiro atoms. The fourth-order valence-electron chi connectivity index (χ4n) is 1.05. The first-order chi connectivity index (χ1) is 6.13. The highest BCUT2D eigenvalue weighted by Crippen LogP contribution is 2.11. The molecule has 0 fully saturated rings. The van der Waals surface area contributed by atoms with Crippen LogP contribution in [0.15, 0.2) is 6.07 Å². The number of aromatic amines is 1. The predicted octanol–water partition coefficient (Wildman–Crippen LogP) is 2.41. The lowest BCUT2D eigenvalue weighted by molar-refractivity contribution is 0.177. The Labute approximate surface area is 83.2 Å². The van der Waals surface area contributed by atoms with Crippen LogP contribution in [0.3, 0.4) is 0 Å². The quantitative estimate of drug-likeness (QED) is 0.758. The Hall–Kier alpha value is -0.740. The van der Waals surface area contributed by atoms with Gasteiger partial charge in [0.25, 0.3) is 0 Å². The molecule has 0 aromatic carbocycles. The van der Waals surface area contributed by atoms with Crippen LogP contribution in [0, 0.1) is 4.64 Å². The van der Waals surface area contributed by atoms with Crippen molar-refractivity contribution in [1.29, 1.82) is 0 Å². The van der Waals surface area contributed by atoms with Crippen LogP contribution in [0.5, 0.6) is 0 Å². The Kier molecular flexibility index (Phi) is 3.57. The number of nitrogens with one attached hydrogen (secondary N) is 1. The van der Waals surface area contributed by atoms with Crippen LogP contribution in [-0.4, -0.2) is 17.1 Å². The van der Waals surface area contributed by atoms with Crippen molar-refractivity contribution in [3.8, 4) is 0 Å². The number of hydrogen-bond donors (Lipinski definition) is 1. The summed E-state index contributed by atoms with van der Waals surface area (Å²) in [4.78, 5) is 7.32. The highest BCUT2D eigenvalue weighted by molar-refractivity contribution is 7.71. The number of ether oxygens (including phenoxy) is 1. The number of hydrogen-bond acceptors (Lipinski definition) is 3. The number of nitrogens with zero attached hydrogens (tertiary/aromatic N) is 1. The zero-order valence-electron chi connectivity index (χ0n) is 8.13. The van der Waals surface area contributed by atoms with Crippen molar-refractivity contribution in [2.45, 2.75) is 26.4 Å². The molecule has 1 rings (SSSR count). The average molecular weight is 198 g/mol. The van der Waals surface area contributed by atoms with Crippen molar-refractivity contribution < 1.29 is 4.74 Å². The number of methoxy groups -OCH3 is 1. The van der Waals surface area contributed by atoms with Crippen LogP contribution >= 0.6 is 12.2 Å². The Bertz CT molecular complexity index is 333. The van der Waals surface area contributed by atoms with Crippen molar-refractivity contribution in [3.63, 3.8) is 0 Å². The zero-order valence-corrected chi connectivity index (χ0v) is 8.94. The first-order valence-electron chi connectivity index (χ1n) is 4.22. The molecule has 0 radical (unpaired) electrons. The van der Waals surface area contributed by atoms with E-state index >= 15 is 0 Å². The molecule has 0 saturated heterocycles. The Morgan fingerprint density at radius 2 is 2.31 bits per heavy atom. The van der Waals surface area contributed by atoms with E-state index in [1.165, 1.54) is 0 Å². The summed E-state index contributed by atoms with van der Waals surface area (Å²) in [6.07, 6.45) is 0.